The molecule has 0 spiro atoms. The van der Waals surface area contributed by atoms with E-state index in [2.05, 4.69) is 10.5 Å². The van der Waals surface area contributed by atoms with Gasteiger partial charge in [0.1, 0.15) is 5.92 Å². The average Bonchev–Trinajstić information content (AvgIpc) is 2.26. The van der Waals surface area contributed by atoms with E-state index in [0.29, 0.717) is 0 Å². The zero-order valence-electron chi connectivity index (χ0n) is 9.74. The monoisotopic (exact) mass is 291 g/mol. The maximum absolute atomic E-state index is 12.5. The molecule has 6 nitrogen and oxygen atoms in total. The van der Waals surface area contributed by atoms with Gasteiger partial charge in [-0.05, 0) is 0 Å². The molecule has 0 aliphatic carbocycles. The second-order valence-electron chi connectivity index (χ2n) is 3.56. The Labute approximate surface area is 103 Å². The molecule has 0 aliphatic rings. The van der Waals surface area contributed by atoms with Crippen molar-refractivity contribution in [2.45, 2.75) is 13.1 Å². The number of oxime groups is 1. The van der Waals surface area contributed by atoms with Crippen LogP contribution in [0.1, 0.15) is 6.92 Å². The number of amidine groups is 1. The van der Waals surface area contributed by atoms with Gasteiger partial charge >= 0.3 is 6.18 Å². The van der Waals surface area contributed by atoms with Gasteiger partial charge in [0.05, 0.1) is 5.75 Å². The SMILES string of the molecule is CCS(=O)(=O)CCNCC(C(N)=NO)C(F)(F)F. The third-order valence-corrected chi connectivity index (χ3v) is 3.95. The molecule has 0 bridgehead atoms. The third kappa shape index (κ3) is 6.05. The van der Waals surface area contributed by atoms with E-state index in [0.717, 1.165) is 0 Å². The van der Waals surface area contributed by atoms with Gasteiger partial charge in [-0.15, -0.1) is 0 Å². The number of alkyl halides is 3. The normalized spacial score (nSPS) is 15.7. The Kier molecular flexibility index (Phi) is 6.39. The number of nitrogens with zero attached hydrogens (tertiary/aromatic N) is 1. The van der Waals surface area contributed by atoms with Crippen molar-refractivity contribution in [2.24, 2.45) is 16.8 Å². The molecule has 10 heteroatoms. The molecule has 4 N–H and O–H groups in total. The van der Waals surface area contributed by atoms with Crippen molar-refractivity contribution in [1.29, 1.82) is 0 Å². The van der Waals surface area contributed by atoms with Crippen LogP contribution in [0, 0.1) is 5.92 Å². The van der Waals surface area contributed by atoms with Crippen molar-refractivity contribution in [3.8, 4) is 0 Å². The summed E-state index contributed by atoms with van der Waals surface area (Å²) < 4.78 is 59.5. The van der Waals surface area contributed by atoms with Crippen LogP contribution in [-0.4, -0.2) is 50.2 Å². The zero-order chi connectivity index (χ0) is 14.4. The zero-order valence-corrected chi connectivity index (χ0v) is 10.6. The molecule has 0 amide bonds. The summed E-state index contributed by atoms with van der Waals surface area (Å²) in [6.45, 7) is 0.685. The van der Waals surface area contributed by atoms with Crippen molar-refractivity contribution in [2.75, 3.05) is 24.6 Å². The van der Waals surface area contributed by atoms with Crippen LogP contribution >= 0.6 is 0 Å². The number of halogens is 3. The van der Waals surface area contributed by atoms with Crippen molar-refractivity contribution >= 4 is 15.7 Å². The predicted molar refractivity (Wildman–Crippen MR) is 60.2 cm³/mol. The van der Waals surface area contributed by atoms with E-state index < -0.39 is 34.3 Å². The maximum atomic E-state index is 12.5. The molecule has 1 atom stereocenters. The largest absolute Gasteiger partial charge is 0.409 e. The van der Waals surface area contributed by atoms with Crippen LogP contribution in [0.25, 0.3) is 0 Å². The van der Waals surface area contributed by atoms with Gasteiger partial charge in [-0.3, -0.25) is 0 Å². The lowest BCUT2D eigenvalue weighted by Crippen LogP contribution is -2.43. The molecular formula is C8H16F3N3O3S. The van der Waals surface area contributed by atoms with Gasteiger partial charge in [0.15, 0.2) is 15.7 Å². The van der Waals surface area contributed by atoms with E-state index in [4.69, 9.17) is 10.9 Å². The van der Waals surface area contributed by atoms with E-state index in [9.17, 15) is 21.6 Å². The summed E-state index contributed by atoms with van der Waals surface area (Å²) in [4.78, 5) is 0. The molecule has 0 saturated carbocycles. The molecular weight excluding hydrogens is 275 g/mol. The van der Waals surface area contributed by atoms with Crippen LogP contribution in [-0.2, 0) is 9.84 Å². The van der Waals surface area contributed by atoms with Crippen LogP contribution in [0.3, 0.4) is 0 Å². The Morgan fingerprint density at radius 3 is 2.44 bits per heavy atom. The van der Waals surface area contributed by atoms with Crippen LogP contribution in [0.5, 0.6) is 0 Å². The van der Waals surface area contributed by atoms with Gasteiger partial charge in [-0.1, -0.05) is 12.1 Å². The molecule has 108 valence electrons. The van der Waals surface area contributed by atoms with E-state index in [1.165, 1.54) is 6.92 Å². The topological polar surface area (TPSA) is 105 Å². The number of rotatable bonds is 7. The minimum Gasteiger partial charge on any atom is -0.409 e. The fourth-order valence-electron chi connectivity index (χ4n) is 1.08. The van der Waals surface area contributed by atoms with Gasteiger partial charge in [-0.2, -0.15) is 13.2 Å². The lowest BCUT2D eigenvalue weighted by atomic mass is 10.1. The van der Waals surface area contributed by atoms with Crippen molar-refractivity contribution in [3.05, 3.63) is 0 Å². The number of hydrogen-bond donors (Lipinski definition) is 3. The second-order valence-corrected chi connectivity index (χ2v) is 6.03. The summed E-state index contributed by atoms with van der Waals surface area (Å²) >= 11 is 0. The highest BCUT2D eigenvalue weighted by Gasteiger charge is 2.42. The summed E-state index contributed by atoms with van der Waals surface area (Å²) in [5.74, 6) is -3.44. The van der Waals surface area contributed by atoms with Crippen LogP contribution < -0.4 is 11.1 Å². The molecule has 0 aromatic carbocycles. The van der Waals surface area contributed by atoms with E-state index >= 15 is 0 Å². The minimum atomic E-state index is -4.66. The first-order valence-corrected chi connectivity index (χ1v) is 6.91. The molecule has 0 aromatic heterocycles. The van der Waals surface area contributed by atoms with Gasteiger partial charge in [0.25, 0.3) is 0 Å². The molecule has 18 heavy (non-hydrogen) atoms. The fourth-order valence-corrected chi connectivity index (χ4v) is 1.82. The first kappa shape index (κ1) is 17.0. The first-order chi connectivity index (χ1) is 8.14. The lowest BCUT2D eigenvalue weighted by molar-refractivity contribution is -0.154. The van der Waals surface area contributed by atoms with Crippen LogP contribution in [0.15, 0.2) is 5.16 Å². The highest BCUT2D eigenvalue weighted by Crippen LogP contribution is 2.25. The minimum absolute atomic E-state index is 0.0718. The Hall–Kier alpha value is -1.03. The molecule has 0 aliphatic heterocycles. The van der Waals surface area contributed by atoms with Crippen LogP contribution in [0.4, 0.5) is 13.2 Å². The summed E-state index contributed by atoms with van der Waals surface area (Å²) in [6, 6.07) is 0. The van der Waals surface area contributed by atoms with Gasteiger partial charge in [-0.25, -0.2) is 8.42 Å². The second kappa shape index (κ2) is 6.78. The third-order valence-electron chi connectivity index (χ3n) is 2.25. The molecule has 0 saturated heterocycles. The van der Waals surface area contributed by atoms with Crippen molar-refractivity contribution in [3.63, 3.8) is 0 Å². The summed E-state index contributed by atoms with van der Waals surface area (Å²) in [6.07, 6.45) is -4.66. The lowest BCUT2D eigenvalue weighted by Gasteiger charge is -2.19. The Morgan fingerprint density at radius 2 is 2.06 bits per heavy atom. The van der Waals surface area contributed by atoms with Crippen molar-refractivity contribution < 1.29 is 26.8 Å². The Balaban J connectivity index is 4.32. The predicted octanol–water partition coefficient (Wildman–Crippen LogP) is -0.0644. The molecule has 0 heterocycles. The molecule has 0 rings (SSSR count). The van der Waals surface area contributed by atoms with Gasteiger partial charge in [0, 0.05) is 18.8 Å². The molecule has 0 fully saturated rings. The van der Waals surface area contributed by atoms with Crippen molar-refractivity contribution in [1.82, 2.24) is 5.32 Å². The van der Waals surface area contributed by atoms with Crippen LogP contribution in [0.2, 0.25) is 0 Å². The van der Waals surface area contributed by atoms with Gasteiger partial charge < -0.3 is 16.3 Å². The van der Waals surface area contributed by atoms with E-state index in [1.807, 2.05) is 0 Å². The fraction of sp³-hybridized carbons (Fsp3) is 0.875. The van der Waals surface area contributed by atoms with E-state index in [1.54, 1.807) is 0 Å². The quantitative estimate of drug-likeness (QED) is 0.200. The number of nitrogens with one attached hydrogen (secondary N) is 1. The average molecular weight is 291 g/mol. The molecule has 1 unspecified atom stereocenters. The Bertz CT molecular complexity index is 381. The summed E-state index contributed by atoms with van der Waals surface area (Å²) in [5, 5.41) is 12.9. The highest BCUT2D eigenvalue weighted by molar-refractivity contribution is 7.91. The number of sulfone groups is 1. The molecule has 0 radical (unpaired) electrons. The van der Waals surface area contributed by atoms with Gasteiger partial charge in [0.2, 0.25) is 0 Å². The number of hydrogen-bond acceptors (Lipinski definition) is 5. The number of nitrogens with two attached hydrogens (primary N) is 1. The standard InChI is InChI=1S/C8H16F3N3O3S/c1-2-18(16,17)4-3-13-5-6(7(12)14-15)8(9,10)11/h6,13,15H,2-5H2,1H3,(H2,12,14). The maximum Gasteiger partial charge on any atom is 0.400 e. The first-order valence-electron chi connectivity index (χ1n) is 5.09. The Morgan fingerprint density at radius 1 is 1.50 bits per heavy atom. The molecule has 0 aromatic rings. The smallest absolute Gasteiger partial charge is 0.400 e. The summed E-state index contributed by atoms with van der Waals surface area (Å²) in [5.41, 5.74) is 4.92. The highest BCUT2D eigenvalue weighted by atomic mass is 32.2. The summed E-state index contributed by atoms with van der Waals surface area (Å²) in [7, 11) is -3.23. The van der Waals surface area contributed by atoms with E-state index in [-0.39, 0.29) is 18.1 Å².